The lowest BCUT2D eigenvalue weighted by atomic mass is 9.96. The van der Waals surface area contributed by atoms with Crippen molar-refractivity contribution in [2.24, 2.45) is 0 Å². The number of rotatable bonds is 5. The summed E-state index contributed by atoms with van der Waals surface area (Å²) in [6.07, 6.45) is 0. The normalized spacial score (nSPS) is 11.1. The molecule has 2 aromatic heterocycles. The molecule has 8 rings (SSSR count). The first-order chi connectivity index (χ1) is 22.7. The van der Waals surface area contributed by atoms with Crippen LogP contribution in [0.25, 0.3) is 77.6 Å². The van der Waals surface area contributed by atoms with Crippen LogP contribution in [0.15, 0.2) is 146 Å². The first kappa shape index (κ1) is 27.2. The Morgan fingerprint density at radius 1 is 0.500 bits per heavy atom. The molecule has 0 fully saturated rings. The topological polar surface area (TPSA) is 48.0 Å². The van der Waals surface area contributed by atoms with Crippen LogP contribution in [0.5, 0.6) is 0 Å². The van der Waals surface area contributed by atoms with Gasteiger partial charge >= 0.3 is 0 Å². The van der Waals surface area contributed by atoms with E-state index in [1.54, 1.807) is 0 Å². The Kier molecular flexibility index (Phi) is 6.67. The maximum absolute atomic E-state index is 7.81. The molecule has 5 nitrogen and oxygen atoms in total. The summed E-state index contributed by atoms with van der Waals surface area (Å²) in [7, 11) is 0. The average Bonchev–Trinajstić information content (AvgIpc) is 3.45. The molecule has 0 saturated carbocycles. The summed E-state index contributed by atoms with van der Waals surface area (Å²) in [5.41, 5.74) is 9.74. The fourth-order valence-electron chi connectivity index (χ4n) is 6.18. The molecular weight excluding hydrogens is 562 g/mol. The van der Waals surface area contributed by atoms with Gasteiger partial charge in [-0.15, -0.1) is 0 Å². The van der Waals surface area contributed by atoms with Crippen LogP contribution >= 0.6 is 0 Å². The van der Waals surface area contributed by atoms with E-state index in [9.17, 15) is 0 Å². The highest BCUT2D eigenvalue weighted by atomic mass is 15.0. The molecule has 216 valence electrons. The lowest BCUT2D eigenvalue weighted by Gasteiger charge is -2.14. The van der Waals surface area contributed by atoms with Crippen molar-refractivity contribution in [2.75, 3.05) is 0 Å². The first-order valence-corrected chi connectivity index (χ1v) is 15.2. The molecule has 46 heavy (non-hydrogen) atoms. The highest BCUT2D eigenvalue weighted by Gasteiger charge is 2.19. The van der Waals surface area contributed by atoms with E-state index in [-0.39, 0.29) is 0 Å². The summed E-state index contributed by atoms with van der Waals surface area (Å²) in [5.74, 6) is 1.75. The highest BCUT2D eigenvalue weighted by molar-refractivity contribution is 6.11. The number of aryl methyl sites for hydroxylation is 1. The fourth-order valence-corrected chi connectivity index (χ4v) is 6.18. The van der Waals surface area contributed by atoms with E-state index in [0.29, 0.717) is 23.2 Å². The summed E-state index contributed by atoms with van der Waals surface area (Å²) in [4.78, 5) is 18.7. The molecule has 0 saturated heterocycles. The second-order valence-corrected chi connectivity index (χ2v) is 11.3. The van der Waals surface area contributed by atoms with Gasteiger partial charge in [0.05, 0.1) is 17.6 Å². The number of para-hydroxylation sites is 2. The van der Waals surface area contributed by atoms with E-state index < -0.39 is 0 Å². The van der Waals surface area contributed by atoms with Crippen molar-refractivity contribution < 1.29 is 0 Å². The Balaban J connectivity index is 1.37. The van der Waals surface area contributed by atoms with Gasteiger partial charge in [-0.05, 0) is 53.9 Å². The minimum Gasteiger partial charge on any atom is -0.309 e. The van der Waals surface area contributed by atoms with Crippen molar-refractivity contribution in [1.82, 2.24) is 19.5 Å². The second kappa shape index (κ2) is 11.3. The number of fused-ring (bicyclic) bond motifs is 3. The van der Waals surface area contributed by atoms with Crippen molar-refractivity contribution in [2.45, 2.75) is 6.92 Å². The number of nitrogens with zero attached hydrogens (tertiary/aromatic N) is 5. The van der Waals surface area contributed by atoms with Crippen LogP contribution in [-0.2, 0) is 0 Å². The standard InChI is InChI=1S/C41H27N5/c1-27-13-9-11-19-36(27)46-37-20-12-10-18-32(37)35-25-30(21-24-38(35)46)34-26-31(42-2)22-23-33(34)41-44-39(28-14-5-3-6-15-28)43-40(45-41)29-16-7-4-8-17-29/h3-26H,1H3. The third kappa shape index (κ3) is 4.70. The summed E-state index contributed by atoms with van der Waals surface area (Å²) in [5, 5.41) is 2.31. The lowest BCUT2D eigenvalue weighted by Crippen LogP contribution is -2.01. The second-order valence-electron chi connectivity index (χ2n) is 11.3. The van der Waals surface area contributed by atoms with Crippen molar-refractivity contribution in [3.8, 4) is 51.0 Å². The Hall–Kier alpha value is -6.38. The molecule has 0 amide bonds. The quantitative estimate of drug-likeness (QED) is 0.188. The molecule has 0 spiro atoms. The fraction of sp³-hybridized carbons (Fsp3) is 0.0244. The van der Waals surface area contributed by atoms with Gasteiger partial charge in [0.2, 0.25) is 0 Å². The van der Waals surface area contributed by atoms with Gasteiger partial charge in [0.1, 0.15) is 0 Å². The van der Waals surface area contributed by atoms with Gasteiger partial charge < -0.3 is 4.57 Å². The van der Waals surface area contributed by atoms with Crippen LogP contribution in [0.1, 0.15) is 5.56 Å². The van der Waals surface area contributed by atoms with Gasteiger partial charge in [-0.1, -0.05) is 115 Å². The van der Waals surface area contributed by atoms with Gasteiger partial charge in [0, 0.05) is 33.2 Å². The molecule has 0 unspecified atom stereocenters. The molecule has 0 atom stereocenters. The molecular formula is C41H27N5. The molecule has 0 aliphatic carbocycles. The number of hydrogen-bond acceptors (Lipinski definition) is 3. The number of hydrogen-bond donors (Lipinski definition) is 0. The minimum absolute atomic E-state index is 0.557. The first-order valence-electron chi connectivity index (χ1n) is 15.2. The summed E-state index contributed by atoms with van der Waals surface area (Å²) >= 11 is 0. The monoisotopic (exact) mass is 589 g/mol. The van der Waals surface area contributed by atoms with Gasteiger partial charge in [-0.25, -0.2) is 19.8 Å². The zero-order valence-corrected chi connectivity index (χ0v) is 25.1. The van der Waals surface area contributed by atoms with Crippen LogP contribution < -0.4 is 0 Å². The Labute approximate surface area is 266 Å². The lowest BCUT2D eigenvalue weighted by molar-refractivity contribution is 1.07. The van der Waals surface area contributed by atoms with Crippen molar-refractivity contribution >= 4 is 27.5 Å². The van der Waals surface area contributed by atoms with E-state index >= 15 is 0 Å². The highest BCUT2D eigenvalue weighted by Crippen LogP contribution is 2.39. The Bertz CT molecular complexity index is 2380. The van der Waals surface area contributed by atoms with Crippen LogP contribution in [-0.4, -0.2) is 19.5 Å². The third-order valence-electron chi connectivity index (χ3n) is 8.41. The van der Waals surface area contributed by atoms with Crippen molar-refractivity contribution in [3.05, 3.63) is 163 Å². The van der Waals surface area contributed by atoms with E-state index in [1.165, 1.54) is 10.9 Å². The molecule has 0 N–H and O–H groups in total. The van der Waals surface area contributed by atoms with Gasteiger partial charge in [0.15, 0.2) is 23.2 Å². The molecule has 2 heterocycles. The molecule has 8 aromatic rings. The van der Waals surface area contributed by atoms with Crippen molar-refractivity contribution in [3.63, 3.8) is 0 Å². The van der Waals surface area contributed by atoms with Gasteiger partial charge in [-0.3, -0.25) is 0 Å². The van der Waals surface area contributed by atoms with Gasteiger partial charge in [0.25, 0.3) is 0 Å². The van der Waals surface area contributed by atoms with Crippen LogP contribution in [0.2, 0.25) is 0 Å². The molecule has 0 bridgehead atoms. The third-order valence-corrected chi connectivity index (χ3v) is 8.41. The number of benzene rings is 6. The minimum atomic E-state index is 0.557. The van der Waals surface area contributed by atoms with E-state index in [4.69, 9.17) is 21.5 Å². The zero-order chi connectivity index (χ0) is 31.0. The zero-order valence-electron chi connectivity index (χ0n) is 25.1. The molecule has 5 heteroatoms. The Morgan fingerprint density at radius 3 is 1.80 bits per heavy atom. The van der Waals surface area contributed by atoms with E-state index in [0.717, 1.165) is 49.9 Å². The summed E-state index contributed by atoms with van der Waals surface area (Å²) < 4.78 is 2.34. The summed E-state index contributed by atoms with van der Waals surface area (Å²) in [6.45, 7) is 9.96. The van der Waals surface area contributed by atoms with E-state index in [1.807, 2.05) is 78.9 Å². The van der Waals surface area contributed by atoms with Crippen LogP contribution in [0.3, 0.4) is 0 Å². The smallest absolute Gasteiger partial charge is 0.187 e. The maximum atomic E-state index is 7.81. The predicted octanol–water partition coefficient (Wildman–Crippen LogP) is 10.5. The number of aromatic nitrogens is 4. The largest absolute Gasteiger partial charge is 0.309 e. The molecule has 0 aliphatic heterocycles. The summed E-state index contributed by atoms with van der Waals surface area (Å²) in [6, 6.07) is 49.2. The molecule has 0 aliphatic rings. The van der Waals surface area contributed by atoms with E-state index in [2.05, 4.69) is 83.1 Å². The van der Waals surface area contributed by atoms with Gasteiger partial charge in [-0.2, -0.15) is 0 Å². The predicted molar refractivity (Wildman–Crippen MR) is 187 cm³/mol. The average molecular weight is 590 g/mol. The molecule has 6 aromatic carbocycles. The van der Waals surface area contributed by atoms with Crippen LogP contribution in [0.4, 0.5) is 5.69 Å². The SMILES string of the molecule is [C-]#[N+]c1ccc(-c2nc(-c3ccccc3)nc(-c3ccccc3)n2)c(-c2ccc3c(c2)c2ccccc2n3-c2ccccc2C)c1. The van der Waals surface area contributed by atoms with Crippen molar-refractivity contribution in [1.29, 1.82) is 0 Å². The Morgan fingerprint density at radius 2 is 1.11 bits per heavy atom. The van der Waals surface area contributed by atoms with Crippen LogP contribution in [0, 0.1) is 13.5 Å². The molecule has 0 radical (unpaired) electrons. The maximum Gasteiger partial charge on any atom is 0.187 e.